The quantitative estimate of drug-likeness (QED) is 0.864. The predicted octanol–water partition coefficient (Wildman–Crippen LogP) is 2.04. The third-order valence-corrected chi connectivity index (χ3v) is 2.63. The molecule has 0 amide bonds. The summed E-state index contributed by atoms with van der Waals surface area (Å²) in [6.07, 6.45) is 0. The Kier molecular flexibility index (Phi) is 2.98. The van der Waals surface area contributed by atoms with E-state index in [4.69, 9.17) is 9.26 Å². The van der Waals surface area contributed by atoms with Crippen molar-refractivity contribution in [2.75, 3.05) is 6.61 Å². The summed E-state index contributed by atoms with van der Waals surface area (Å²) in [5.41, 5.74) is 0. The molecule has 6 heteroatoms. The molecule has 1 N–H and O–H groups in total. The van der Waals surface area contributed by atoms with E-state index in [0.29, 0.717) is 29.8 Å². The maximum Gasteiger partial charge on any atom is 0.271 e. The lowest BCUT2D eigenvalue weighted by Crippen LogP contribution is -1.93. The molecule has 2 aromatic rings. The fourth-order valence-electron chi connectivity index (χ4n) is 1.06. The molecule has 0 aromatic carbocycles. The van der Waals surface area contributed by atoms with Crippen LogP contribution in [0.2, 0.25) is 0 Å². The number of ether oxygens (including phenoxy) is 1. The van der Waals surface area contributed by atoms with Gasteiger partial charge in [-0.2, -0.15) is 4.98 Å². The van der Waals surface area contributed by atoms with Gasteiger partial charge in [0.15, 0.2) is 5.82 Å². The summed E-state index contributed by atoms with van der Waals surface area (Å²) < 4.78 is 10.1. The van der Waals surface area contributed by atoms with Crippen LogP contribution in [0.3, 0.4) is 0 Å². The minimum Gasteiger partial charge on any atom is -0.506 e. The first kappa shape index (κ1) is 10.1. The fourth-order valence-corrected chi connectivity index (χ4v) is 1.77. The highest BCUT2D eigenvalue weighted by atomic mass is 32.1. The number of aromatic nitrogens is 2. The van der Waals surface area contributed by atoms with Crippen LogP contribution in [0.5, 0.6) is 5.75 Å². The van der Waals surface area contributed by atoms with Gasteiger partial charge < -0.3 is 14.4 Å². The normalized spacial score (nSPS) is 10.7. The third kappa shape index (κ3) is 2.16. The number of hydrogen-bond donors (Lipinski definition) is 1. The van der Waals surface area contributed by atoms with Crippen molar-refractivity contribution in [1.29, 1.82) is 0 Å². The minimum atomic E-state index is 0.159. The zero-order chi connectivity index (χ0) is 10.7. The van der Waals surface area contributed by atoms with E-state index in [1.807, 2.05) is 6.92 Å². The van der Waals surface area contributed by atoms with Gasteiger partial charge in [-0.3, -0.25) is 0 Å². The minimum absolute atomic E-state index is 0.159. The Morgan fingerprint density at radius 1 is 1.60 bits per heavy atom. The second kappa shape index (κ2) is 4.41. The van der Waals surface area contributed by atoms with Crippen molar-refractivity contribution in [2.24, 2.45) is 0 Å². The summed E-state index contributed by atoms with van der Waals surface area (Å²) in [4.78, 5) is 4.69. The van der Waals surface area contributed by atoms with E-state index in [0.717, 1.165) is 0 Å². The second-order valence-electron chi connectivity index (χ2n) is 2.79. The number of aromatic hydroxyl groups is 1. The molecular formula is C9H10N2O3S. The van der Waals surface area contributed by atoms with E-state index in [1.54, 1.807) is 11.4 Å². The molecule has 15 heavy (non-hydrogen) atoms. The Labute approximate surface area is 90.3 Å². The molecule has 2 heterocycles. The van der Waals surface area contributed by atoms with Crippen molar-refractivity contribution < 1.29 is 14.4 Å². The van der Waals surface area contributed by atoms with Crippen LogP contribution >= 0.6 is 11.3 Å². The Morgan fingerprint density at radius 2 is 2.47 bits per heavy atom. The molecule has 0 bridgehead atoms. The Hall–Kier alpha value is -1.40. The monoisotopic (exact) mass is 226 g/mol. The van der Waals surface area contributed by atoms with Crippen LogP contribution < -0.4 is 0 Å². The highest BCUT2D eigenvalue weighted by Crippen LogP contribution is 2.32. The van der Waals surface area contributed by atoms with Crippen LogP contribution in [0.15, 0.2) is 16.0 Å². The standard InChI is InChI=1S/C9H10N2O3S/c1-2-13-5-7-10-9(14-11-7)8-6(12)3-4-15-8/h3-4,12H,2,5H2,1H3. The first-order valence-corrected chi connectivity index (χ1v) is 5.36. The van der Waals surface area contributed by atoms with Gasteiger partial charge in [-0.05, 0) is 18.4 Å². The Balaban J connectivity index is 2.17. The molecule has 80 valence electrons. The molecule has 0 aliphatic rings. The van der Waals surface area contributed by atoms with Crippen LogP contribution in [-0.4, -0.2) is 21.9 Å². The lowest BCUT2D eigenvalue weighted by Gasteiger charge is -1.92. The molecule has 0 atom stereocenters. The Morgan fingerprint density at radius 3 is 3.13 bits per heavy atom. The zero-order valence-electron chi connectivity index (χ0n) is 8.14. The van der Waals surface area contributed by atoms with Crippen molar-refractivity contribution in [1.82, 2.24) is 10.1 Å². The average Bonchev–Trinajstić information content (AvgIpc) is 2.83. The van der Waals surface area contributed by atoms with Crippen LogP contribution in [0, 0.1) is 0 Å². The molecule has 2 rings (SSSR count). The smallest absolute Gasteiger partial charge is 0.271 e. The maximum atomic E-state index is 9.44. The molecule has 5 nitrogen and oxygen atoms in total. The molecule has 2 aromatic heterocycles. The number of thiophene rings is 1. The average molecular weight is 226 g/mol. The summed E-state index contributed by atoms with van der Waals surface area (Å²) in [6, 6.07) is 1.59. The molecular weight excluding hydrogens is 216 g/mol. The lowest BCUT2D eigenvalue weighted by atomic mass is 10.4. The lowest BCUT2D eigenvalue weighted by molar-refractivity contribution is 0.126. The largest absolute Gasteiger partial charge is 0.506 e. The predicted molar refractivity (Wildman–Crippen MR) is 54.6 cm³/mol. The molecule has 0 unspecified atom stereocenters. The molecule has 0 aliphatic heterocycles. The SMILES string of the molecule is CCOCc1noc(-c2sccc2O)n1. The van der Waals surface area contributed by atoms with E-state index in [2.05, 4.69) is 10.1 Å². The molecule has 0 fully saturated rings. The van der Waals surface area contributed by atoms with Gasteiger partial charge >= 0.3 is 0 Å². The Bertz CT molecular complexity index is 438. The van der Waals surface area contributed by atoms with Crippen LogP contribution in [-0.2, 0) is 11.3 Å². The highest BCUT2D eigenvalue weighted by molar-refractivity contribution is 7.13. The van der Waals surface area contributed by atoms with E-state index in [1.165, 1.54) is 11.3 Å². The molecule has 0 radical (unpaired) electrons. The van der Waals surface area contributed by atoms with Gasteiger partial charge in [0.25, 0.3) is 5.89 Å². The molecule has 0 spiro atoms. The van der Waals surface area contributed by atoms with Crippen molar-refractivity contribution >= 4 is 11.3 Å². The van der Waals surface area contributed by atoms with Gasteiger partial charge in [0, 0.05) is 6.61 Å². The van der Waals surface area contributed by atoms with E-state index >= 15 is 0 Å². The molecule has 0 saturated heterocycles. The summed E-state index contributed by atoms with van der Waals surface area (Å²) in [5.74, 6) is 0.975. The number of hydrogen-bond acceptors (Lipinski definition) is 6. The van der Waals surface area contributed by atoms with E-state index in [9.17, 15) is 5.11 Å². The van der Waals surface area contributed by atoms with E-state index in [-0.39, 0.29) is 5.75 Å². The van der Waals surface area contributed by atoms with Gasteiger partial charge in [-0.15, -0.1) is 11.3 Å². The number of rotatable bonds is 4. The maximum absolute atomic E-state index is 9.44. The van der Waals surface area contributed by atoms with Gasteiger partial charge in [0.1, 0.15) is 17.2 Å². The summed E-state index contributed by atoms with van der Waals surface area (Å²) >= 11 is 1.35. The first-order chi connectivity index (χ1) is 7.31. The summed E-state index contributed by atoms with van der Waals surface area (Å²) in [5, 5.41) is 14.9. The van der Waals surface area contributed by atoms with Crippen molar-refractivity contribution in [3.8, 4) is 16.5 Å². The topological polar surface area (TPSA) is 68.4 Å². The zero-order valence-corrected chi connectivity index (χ0v) is 8.95. The third-order valence-electron chi connectivity index (χ3n) is 1.74. The van der Waals surface area contributed by atoms with Crippen molar-refractivity contribution in [3.63, 3.8) is 0 Å². The second-order valence-corrected chi connectivity index (χ2v) is 3.70. The fraction of sp³-hybridized carbons (Fsp3) is 0.333. The van der Waals surface area contributed by atoms with Crippen LogP contribution in [0.25, 0.3) is 10.8 Å². The van der Waals surface area contributed by atoms with Gasteiger partial charge in [0.05, 0.1) is 0 Å². The van der Waals surface area contributed by atoms with Gasteiger partial charge in [-0.1, -0.05) is 5.16 Å². The van der Waals surface area contributed by atoms with Crippen LogP contribution in [0.4, 0.5) is 0 Å². The highest BCUT2D eigenvalue weighted by Gasteiger charge is 2.13. The summed E-state index contributed by atoms with van der Waals surface area (Å²) in [7, 11) is 0. The first-order valence-electron chi connectivity index (χ1n) is 4.48. The molecule has 0 saturated carbocycles. The summed E-state index contributed by atoms with van der Waals surface area (Å²) in [6.45, 7) is 2.83. The van der Waals surface area contributed by atoms with Crippen molar-refractivity contribution in [3.05, 3.63) is 17.3 Å². The molecule has 0 aliphatic carbocycles. The van der Waals surface area contributed by atoms with Crippen molar-refractivity contribution in [2.45, 2.75) is 13.5 Å². The van der Waals surface area contributed by atoms with Gasteiger partial charge in [0.2, 0.25) is 0 Å². The van der Waals surface area contributed by atoms with Crippen LogP contribution in [0.1, 0.15) is 12.7 Å². The van der Waals surface area contributed by atoms with E-state index < -0.39 is 0 Å². The number of nitrogens with zero attached hydrogens (tertiary/aromatic N) is 2. The van der Waals surface area contributed by atoms with Gasteiger partial charge in [-0.25, -0.2) is 0 Å².